The van der Waals surface area contributed by atoms with E-state index in [4.69, 9.17) is 9.47 Å². The molecule has 0 aromatic heterocycles. The first-order chi connectivity index (χ1) is 22.3. The Morgan fingerprint density at radius 2 is 1.20 bits per heavy atom. The summed E-state index contributed by atoms with van der Waals surface area (Å²) in [5.74, 6) is 0.891. The zero-order valence-corrected chi connectivity index (χ0v) is 28.8. The molecule has 45 heavy (non-hydrogen) atoms. The molecule has 0 N–H and O–H groups in total. The van der Waals surface area contributed by atoms with Gasteiger partial charge in [-0.25, -0.2) is 0 Å². The molecule has 0 spiro atoms. The number of allylic oxidation sites excluding steroid dienone is 8. The molecule has 254 valence electrons. The fourth-order valence-corrected chi connectivity index (χ4v) is 7.98. The second-order valence-corrected chi connectivity index (χ2v) is 14.5. The van der Waals surface area contributed by atoms with Crippen LogP contribution in [0.4, 0.5) is 0 Å². The van der Waals surface area contributed by atoms with Gasteiger partial charge in [0.25, 0.3) is 0 Å². The Bertz CT molecular complexity index is 900. The quantitative estimate of drug-likeness (QED) is 0.232. The molecule has 4 aliphatic rings. The number of nitrogens with zero attached hydrogens (tertiary/aromatic N) is 1. The Hall–Kier alpha value is -1.65. The van der Waals surface area contributed by atoms with E-state index >= 15 is 0 Å². The average molecular weight is 622 g/mol. The molecule has 0 amide bonds. The van der Waals surface area contributed by atoms with Gasteiger partial charge < -0.3 is 9.47 Å². The van der Waals surface area contributed by atoms with E-state index in [1.807, 2.05) is 0 Å². The first kappa shape index (κ1) is 36.2. The van der Waals surface area contributed by atoms with Crippen molar-refractivity contribution in [3.8, 4) is 0 Å². The Balaban J connectivity index is 1.33. The van der Waals surface area contributed by atoms with E-state index in [1.165, 1.54) is 96.3 Å². The number of hydrogen-bond donors (Lipinski definition) is 0. The molecule has 4 nitrogen and oxygen atoms in total. The maximum atomic E-state index is 13.7. The summed E-state index contributed by atoms with van der Waals surface area (Å²) in [4.78, 5) is 16.2. The van der Waals surface area contributed by atoms with Gasteiger partial charge in [-0.05, 0) is 122 Å². The minimum atomic E-state index is -0.0701. The number of carbonyl (C=O) groups is 1. The largest absolute Gasteiger partial charge is 0.461 e. The number of fused-ring (bicyclic) bond motifs is 3. The third-order valence-electron chi connectivity index (χ3n) is 10.8. The van der Waals surface area contributed by atoms with Crippen molar-refractivity contribution in [1.82, 2.24) is 4.90 Å². The number of rotatable bonds is 3. The number of esters is 1. The van der Waals surface area contributed by atoms with Gasteiger partial charge in [0.15, 0.2) is 0 Å². The summed E-state index contributed by atoms with van der Waals surface area (Å²) in [6.45, 7) is 1.97. The van der Waals surface area contributed by atoms with Gasteiger partial charge in [-0.1, -0.05) is 100.0 Å². The lowest BCUT2D eigenvalue weighted by Gasteiger charge is -2.37. The molecule has 4 rings (SSSR count). The first-order valence-corrected chi connectivity index (χ1v) is 19.5. The molecule has 1 aliphatic carbocycles. The van der Waals surface area contributed by atoms with Crippen molar-refractivity contribution in [2.45, 2.75) is 185 Å². The van der Waals surface area contributed by atoms with Gasteiger partial charge in [0, 0.05) is 6.54 Å². The number of hydrogen-bond acceptors (Lipinski definition) is 4. The molecule has 2 bridgehead atoms. The molecule has 4 atom stereocenters. The lowest BCUT2D eigenvalue weighted by Crippen LogP contribution is -2.47. The molecule has 0 aromatic carbocycles. The predicted molar refractivity (Wildman–Crippen MR) is 189 cm³/mol. The van der Waals surface area contributed by atoms with Crippen LogP contribution in [0.2, 0.25) is 0 Å². The lowest BCUT2D eigenvalue weighted by atomic mass is 9.85. The highest BCUT2D eigenvalue weighted by atomic mass is 16.5. The van der Waals surface area contributed by atoms with Gasteiger partial charge in [0.1, 0.15) is 12.1 Å². The van der Waals surface area contributed by atoms with Gasteiger partial charge in [0.2, 0.25) is 0 Å². The highest BCUT2D eigenvalue weighted by Gasteiger charge is 2.32. The van der Waals surface area contributed by atoms with Crippen molar-refractivity contribution >= 4 is 5.97 Å². The van der Waals surface area contributed by atoms with E-state index in [0.717, 1.165) is 83.2 Å². The van der Waals surface area contributed by atoms with Crippen LogP contribution in [-0.4, -0.2) is 48.3 Å². The number of ether oxygens (including phenoxy) is 2. The zero-order valence-electron chi connectivity index (χ0n) is 28.8. The van der Waals surface area contributed by atoms with Crippen LogP contribution in [0.1, 0.15) is 161 Å². The molecule has 3 aliphatic heterocycles. The molecule has 4 heteroatoms. The fourth-order valence-electron chi connectivity index (χ4n) is 7.98. The Labute approximate surface area is 277 Å². The highest BCUT2D eigenvalue weighted by molar-refractivity contribution is 5.76. The average Bonchev–Trinajstić information content (AvgIpc) is 3.07. The van der Waals surface area contributed by atoms with E-state index in [0.29, 0.717) is 12.2 Å². The summed E-state index contributed by atoms with van der Waals surface area (Å²) < 4.78 is 13.0. The minimum absolute atomic E-state index is 0.0568. The molecule has 3 fully saturated rings. The van der Waals surface area contributed by atoms with Crippen LogP contribution < -0.4 is 0 Å². The maximum absolute atomic E-state index is 13.7. The monoisotopic (exact) mass is 622 g/mol. The van der Waals surface area contributed by atoms with Gasteiger partial charge in [0.05, 0.1) is 12.2 Å². The standard InChI is InChI=1S/C41H67NO3/c43-41-40-30-21-22-34-42(40)35-33-39-29-23-28-37(44-39)26-19-14-12-10-8-6-4-2-1-3-5-7-9-11-13-15-20-27-38(45-41)32-31-36-24-17-16-18-25-36/h4,6,8,10-14,36-40H,1-3,5,7,9,15-35H2/b6-4+,10-8+,13-11+,14-12+/t37-,38+,39?,40+/m1/s1. The number of piperidine rings is 1. The normalized spacial score (nSPS) is 33.3. The second kappa shape index (κ2) is 22.8. The molecule has 3 heterocycles. The summed E-state index contributed by atoms with van der Waals surface area (Å²) >= 11 is 0. The lowest BCUT2D eigenvalue weighted by molar-refractivity contribution is -0.158. The predicted octanol–water partition coefficient (Wildman–Crippen LogP) is 11.0. The van der Waals surface area contributed by atoms with Crippen LogP contribution in [0.5, 0.6) is 0 Å². The van der Waals surface area contributed by atoms with Crippen molar-refractivity contribution in [3.05, 3.63) is 48.6 Å². The molecule has 0 radical (unpaired) electrons. The minimum Gasteiger partial charge on any atom is -0.461 e. The summed E-state index contributed by atoms with van der Waals surface area (Å²) in [5, 5.41) is 0. The summed E-state index contributed by atoms with van der Waals surface area (Å²) in [6.07, 6.45) is 48.9. The molecule has 0 aromatic rings. The van der Waals surface area contributed by atoms with Crippen LogP contribution in [0.3, 0.4) is 0 Å². The van der Waals surface area contributed by atoms with Gasteiger partial charge in [-0.15, -0.1) is 0 Å². The van der Waals surface area contributed by atoms with Crippen LogP contribution in [0, 0.1) is 5.92 Å². The Morgan fingerprint density at radius 3 is 2.00 bits per heavy atom. The second-order valence-electron chi connectivity index (χ2n) is 14.5. The number of cyclic esters (lactones) is 1. The van der Waals surface area contributed by atoms with E-state index in [-0.39, 0.29) is 18.1 Å². The third-order valence-corrected chi connectivity index (χ3v) is 10.8. The van der Waals surface area contributed by atoms with Crippen LogP contribution in [-0.2, 0) is 14.3 Å². The van der Waals surface area contributed by atoms with E-state index < -0.39 is 0 Å². The van der Waals surface area contributed by atoms with Crippen LogP contribution >= 0.6 is 0 Å². The Morgan fingerprint density at radius 1 is 0.533 bits per heavy atom. The van der Waals surface area contributed by atoms with Crippen molar-refractivity contribution in [1.29, 1.82) is 0 Å². The van der Waals surface area contributed by atoms with Crippen molar-refractivity contribution in [2.75, 3.05) is 13.1 Å². The molecule has 1 unspecified atom stereocenters. The highest BCUT2D eigenvalue weighted by Crippen LogP contribution is 2.30. The molecular formula is C41H67NO3. The summed E-state index contributed by atoms with van der Waals surface area (Å²) in [6, 6.07) is -0.0701. The van der Waals surface area contributed by atoms with Crippen molar-refractivity contribution in [3.63, 3.8) is 0 Å². The molecule has 1 saturated carbocycles. The topological polar surface area (TPSA) is 38.8 Å². The maximum Gasteiger partial charge on any atom is 0.323 e. The summed E-state index contributed by atoms with van der Waals surface area (Å²) in [7, 11) is 0. The van der Waals surface area contributed by atoms with Crippen LogP contribution in [0.15, 0.2) is 48.6 Å². The van der Waals surface area contributed by atoms with Gasteiger partial charge in [-0.2, -0.15) is 0 Å². The Kier molecular flexibility index (Phi) is 18.3. The number of carbonyl (C=O) groups excluding carboxylic acids is 1. The van der Waals surface area contributed by atoms with Crippen molar-refractivity contribution < 1.29 is 14.3 Å². The van der Waals surface area contributed by atoms with E-state index in [1.54, 1.807) is 0 Å². The summed E-state index contributed by atoms with van der Waals surface area (Å²) in [5.41, 5.74) is 0. The third kappa shape index (κ3) is 15.2. The fraction of sp³-hybridized carbons (Fsp3) is 0.780. The van der Waals surface area contributed by atoms with Crippen LogP contribution in [0.25, 0.3) is 0 Å². The van der Waals surface area contributed by atoms with Gasteiger partial charge >= 0.3 is 5.97 Å². The molecule has 2 saturated heterocycles. The van der Waals surface area contributed by atoms with Crippen molar-refractivity contribution in [2.24, 2.45) is 5.92 Å². The van der Waals surface area contributed by atoms with E-state index in [9.17, 15) is 4.79 Å². The van der Waals surface area contributed by atoms with Gasteiger partial charge in [-0.3, -0.25) is 9.69 Å². The molecular weight excluding hydrogens is 554 g/mol. The SMILES string of the molecule is O=C1O[C@H](CCC2CCCCC2)CCC/C=C/CCCCCC/C=C/C=C/C=C/CC[C@@H]2CCCC(CCN3CCCC[C@@H]13)O2. The van der Waals surface area contributed by atoms with E-state index in [2.05, 4.69) is 53.5 Å². The smallest absolute Gasteiger partial charge is 0.323 e. The zero-order chi connectivity index (χ0) is 31.2. The first-order valence-electron chi connectivity index (χ1n) is 19.5.